The van der Waals surface area contributed by atoms with Gasteiger partial charge in [0.25, 0.3) is 0 Å². The van der Waals surface area contributed by atoms with E-state index in [1.165, 1.54) is 23.0 Å². The zero-order valence-electron chi connectivity index (χ0n) is 14.7. The Balaban J connectivity index is 2.64. The fourth-order valence-electron chi connectivity index (χ4n) is 2.74. The molecule has 2 N–H and O–H groups in total. The molecule has 0 bridgehead atoms. The van der Waals surface area contributed by atoms with Crippen LogP contribution in [0.5, 0.6) is 0 Å². The first-order valence-electron chi connectivity index (χ1n) is 7.97. The van der Waals surface area contributed by atoms with E-state index >= 15 is 4.39 Å². The number of rotatable bonds is 7. The van der Waals surface area contributed by atoms with E-state index in [1.807, 2.05) is 13.8 Å². The van der Waals surface area contributed by atoms with Gasteiger partial charge in [0.2, 0.25) is 0 Å². The van der Waals surface area contributed by atoms with Crippen LogP contribution in [0.2, 0.25) is 0 Å². The lowest BCUT2D eigenvalue weighted by atomic mass is 9.94. The summed E-state index contributed by atoms with van der Waals surface area (Å²) in [5, 5.41) is 14.4. The predicted molar refractivity (Wildman–Crippen MR) is 103 cm³/mol. The van der Waals surface area contributed by atoms with Gasteiger partial charge in [0.15, 0.2) is 5.82 Å². The molecule has 1 unspecified atom stereocenters. The largest absolute Gasteiger partial charge is 0.382 e. The summed E-state index contributed by atoms with van der Waals surface area (Å²) in [6.07, 6.45) is 3.80. The molecule has 0 saturated carbocycles. The van der Waals surface area contributed by atoms with Crippen molar-refractivity contribution in [2.24, 2.45) is 5.10 Å². The summed E-state index contributed by atoms with van der Waals surface area (Å²) < 4.78 is 31.2. The van der Waals surface area contributed by atoms with Crippen LogP contribution in [0, 0.1) is 17.0 Å². The first-order chi connectivity index (χ1) is 12.3. The van der Waals surface area contributed by atoms with E-state index in [0.29, 0.717) is 11.5 Å². The summed E-state index contributed by atoms with van der Waals surface area (Å²) in [6, 6.07) is 1.17. The topological polar surface area (TPSA) is 66.1 Å². The van der Waals surface area contributed by atoms with E-state index < -0.39 is 17.6 Å². The van der Waals surface area contributed by atoms with Gasteiger partial charge >= 0.3 is 0 Å². The molecule has 0 spiro atoms. The first-order valence-corrected chi connectivity index (χ1v) is 8.41. The summed E-state index contributed by atoms with van der Waals surface area (Å²) in [5.41, 5.74) is 1.54. The second-order valence-corrected chi connectivity index (χ2v) is 6.18. The predicted octanol–water partition coefficient (Wildman–Crippen LogP) is 4.80. The molecule has 0 aliphatic heterocycles. The van der Waals surface area contributed by atoms with Crippen LogP contribution < -0.4 is 5.32 Å². The molecule has 8 heteroatoms. The van der Waals surface area contributed by atoms with Gasteiger partial charge in [-0.05, 0) is 26.0 Å². The summed E-state index contributed by atoms with van der Waals surface area (Å²) in [6.45, 7) is 8.96. The molecule has 2 rings (SSSR count). The van der Waals surface area contributed by atoms with E-state index in [4.69, 9.17) is 17.0 Å². The number of hydrogen-bond acceptors (Lipinski definition) is 4. The molecule has 26 heavy (non-hydrogen) atoms. The minimum absolute atomic E-state index is 0.00203. The highest BCUT2D eigenvalue weighted by Gasteiger charge is 2.26. The number of aromatic nitrogens is 2. The van der Waals surface area contributed by atoms with Gasteiger partial charge in [-0.2, -0.15) is 5.10 Å². The molecule has 0 amide bonds. The maximum Gasteiger partial charge on any atom is 0.153 e. The third kappa shape index (κ3) is 3.67. The van der Waals surface area contributed by atoms with Crippen LogP contribution in [0.3, 0.4) is 0 Å². The second-order valence-electron chi connectivity index (χ2n) is 5.98. The number of halogens is 3. The highest BCUT2D eigenvalue weighted by atomic mass is 35.5. The zero-order chi connectivity index (χ0) is 19.4. The molecule has 2 aromatic rings. The van der Waals surface area contributed by atoms with Crippen molar-refractivity contribution in [3.05, 3.63) is 53.1 Å². The Morgan fingerprint density at radius 3 is 2.62 bits per heavy atom. The van der Waals surface area contributed by atoms with Crippen molar-refractivity contribution in [1.29, 1.82) is 5.41 Å². The average Bonchev–Trinajstić information content (AvgIpc) is 2.97. The third-order valence-corrected chi connectivity index (χ3v) is 3.98. The fraction of sp³-hybridized carbons (Fsp3) is 0.278. The quantitative estimate of drug-likeness (QED) is 0.678. The second kappa shape index (κ2) is 8.23. The minimum atomic E-state index is -0.793. The molecule has 1 aromatic carbocycles. The average molecular weight is 380 g/mol. The molecule has 138 valence electrons. The van der Waals surface area contributed by atoms with Crippen molar-refractivity contribution in [3.8, 4) is 0 Å². The third-order valence-electron chi connectivity index (χ3n) is 3.89. The van der Waals surface area contributed by atoms with Gasteiger partial charge in [0.05, 0.1) is 17.5 Å². The number of imidazole rings is 1. The van der Waals surface area contributed by atoms with Crippen molar-refractivity contribution in [1.82, 2.24) is 9.66 Å². The highest BCUT2D eigenvalue weighted by molar-refractivity contribution is 6.56. The van der Waals surface area contributed by atoms with Gasteiger partial charge in [0, 0.05) is 29.4 Å². The van der Waals surface area contributed by atoms with E-state index in [-0.39, 0.29) is 22.9 Å². The Labute approximate surface area is 155 Å². The van der Waals surface area contributed by atoms with Crippen molar-refractivity contribution in [3.63, 3.8) is 0 Å². The van der Waals surface area contributed by atoms with Crippen LogP contribution in [-0.4, -0.2) is 27.6 Å². The van der Waals surface area contributed by atoms with E-state index in [0.717, 1.165) is 11.9 Å². The van der Waals surface area contributed by atoms with Crippen molar-refractivity contribution >= 4 is 35.3 Å². The normalized spacial score (nSPS) is 12.6. The van der Waals surface area contributed by atoms with Gasteiger partial charge in [-0.1, -0.05) is 25.1 Å². The zero-order valence-corrected chi connectivity index (χ0v) is 15.5. The molecule has 1 atom stereocenters. The van der Waals surface area contributed by atoms with Crippen molar-refractivity contribution in [2.75, 3.05) is 5.32 Å². The Kier molecular flexibility index (Phi) is 6.26. The van der Waals surface area contributed by atoms with Crippen LogP contribution in [0.4, 0.5) is 14.5 Å². The smallest absolute Gasteiger partial charge is 0.153 e. The van der Waals surface area contributed by atoms with Crippen LogP contribution in [0.1, 0.15) is 49.3 Å². The van der Waals surface area contributed by atoms with Crippen LogP contribution in [-0.2, 0) is 0 Å². The molecule has 0 aliphatic rings. The number of benzene rings is 1. The molecule has 5 nitrogen and oxygen atoms in total. The van der Waals surface area contributed by atoms with E-state index in [2.05, 4.69) is 22.0 Å². The lowest BCUT2D eigenvalue weighted by Gasteiger charge is -2.19. The highest BCUT2D eigenvalue weighted by Crippen LogP contribution is 2.34. The molecule has 1 heterocycles. The SMILES string of the molecule is C=Cc1ncc(C(C)c2c(F)cc(NC(C)C)c(C=N)c2F)n1/N=C/Cl. The molecule has 0 aliphatic carbocycles. The van der Waals surface area contributed by atoms with Gasteiger partial charge in [0.1, 0.15) is 17.3 Å². The van der Waals surface area contributed by atoms with Gasteiger partial charge < -0.3 is 10.7 Å². The summed E-state index contributed by atoms with van der Waals surface area (Å²) in [4.78, 5) is 4.13. The van der Waals surface area contributed by atoms with Gasteiger partial charge in [-0.25, -0.2) is 18.4 Å². The lowest BCUT2D eigenvalue weighted by Crippen LogP contribution is -2.15. The van der Waals surface area contributed by atoms with Gasteiger partial charge in [-0.15, -0.1) is 0 Å². The Morgan fingerprint density at radius 2 is 2.08 bits per heavy atom. The standard InChI is InChI=1S/C18H20ClF2N5/c1-5-16-23-8-15(26(16)24-9-19)11(4)17-13(20)6-14(25-10(2)3)12(7-22)18(17)21/h5-11,22,25H,1H2,2-4H3/b22-7?,24-9+. The Hall–Kier alpha value is -2.54. The monoisotopic (exact) mass is 379 g/mol. The molecule has 1 aromatic heterocycles. The summed E-state index contributed by atoms with van der Waals surface area (Å²) in [5.74, 6) is -1.83. The molecular weight excluding hydrogens is 360 g/mol. The van der Waals surface area contributed by atoms with Crippen molar-refractivity contribution in [2.45, 2.75) is 32.7 Å². The molecule has 0 fully saturated rings. The molecule has 0 radical (unpaired) electrons. The maximum atomic E-state index is 15.0. The first kappa shape index (κ1) is 19.8. The molecule has 0 saturated heterocycles. The van der Waals surface area contributed by atoms with E-state index in [9.17, 15) is 4.39 Å². The van der Waals surface area contributed by atoms with Crippen LogP contribution in [0.15, 0.2) is 23.9 Å². The van der Waals surface area contributed by atoms with Crippen LogP contribution >= 0.6 is 11.6 Å². The van der Waals surface area contributed by atoms with Crippen LogP contribution in [0.25, 0.3) is 6.08 Å². The number of hydrogen-bond donors (Lipinski definition) is 2. The number of anilines is 1. The lowest BCUT2D eigenvalue weighted by molar-refractivity contribution is 0.541. The number of nitrogens with zero attached hydrogens (tertiary/aromatic N) is 3. The maximum absolute atomic E-state index is 15.0. The summed E-state index contributed by atoms with van der Waals surface area (Å²) >= 11 is 5.56. The fourth-order valence-corrected chi connectivity index (χ4v) is 2.83. The Bertz CT molecular complexity index is 858. The minimum Gasteiger partial charge on any atom is -0.382 e. The van der Waals surface area contributed by atoms with E-state index in [1.54, 1.807) is 6.92 Å². The molecular formula is C18H20ClF2N5. The van der Waals surface area contributed by atoms with Crippen molar-refractivity contribution < 1.29 is 8.78 Å². The van der Waals surface area contributed by atoms with Gasteiger partial charge in [-0.3, -0.25) is 0 Å². The Morgan fingerprint density at radius 1 is 1.38 bits per heavy atom. The summed E-state index contributed by atoms with van der Waals surface area (Å²) in [7, 11) is 0. The number of nitrogens with one attached hydrogen (secondary N) is 2.